The second-order valence-electron chi connectivity index (χ2n) is 3.46. The summed E-state index contributed by atoms with van der Waals surface area (Å²) < 4.78 is 17.4. The molecule has 1 N–H and O–H groups in total. The number of nitrogens with one attached hydrogen (secondary N) is 1. The number of hydrogen-bond acceptors (Lipinski definition) is 3. The van der Waals surface area contributed by atoms with Gasteiger partial charge in [-0.3, -0.25) is 4.79 Å². The number of benzene rings is 1. The lowest BCUT2D eigenvalue weighted by atomic mass is 10.2. The third-order valence-electron chi connectivity index (χ3n) is 2.04. The number of thioether (sulfide) groups is 1. The van der Waals surface area contributed by atoms with Gasteiger partial charge in [0.1, 0.15) is 5.82 Å². The zero-order valence-corrected chi connectivity index (χ0v) is 10.6. The molecule has 1 aromatic rings. The van der Waals surface area contributed by atoms with Crippen molar-refractivity contribution in [1.82, 2.24) is 5.32 Å². The van der Waals surface area contributed by atoms with Crippen LogP contribution in [0.15, 0.2) is 24.3 Å². The van der Waals surface area contributed by atoms with Crippen LogP contribution >= 0.6 is 11.8 Å². The molecule has 0 saturated carbocycles. The number of hydrogen-bond donors (Lipinski definition) is 1. The Balaban J connectivity index is 2.14. The van der Waals surface area contributed by atoms with Gasteiger partial charge in [0.15, 0.2) is 0 Å². The molecule has 1 aromatic carbocycles. The number of carbonyl (C=O) groups is 1. The highest BCUT2D eigenvalue weighted by molar-refractivity contribution is 7.99. The average molecular weight is 257 g/mol. The fourth-order valence-corrected chi connectivity index (χ4v) is 2.00. The monoisotopic (exact) mass is 257 g/mol. The Kier molecular flexibility index (Phi) is 6.65. The molecule has 17 heavy (non-hydrogen) atoms. The molecule has 0 spiro atoms. The Hall–Kier alpha value is -1.07. The maximum atomic E-state index is 12.6. The maximum Gasteiger partial charge on any atom is 0.230 e. The first kappa shape index (κ1) is 14.0. The van der Waals surface area contributed by atoms with Gasteiger partial charge in [-0.1, -0.05) is 12.1 Å². The minimum Gasteiger partial charge on any atom is -0.383 e. The van der Waals surface area contributed by atoms with E-state index in [1.807, 2.05) is 0 Å². The molecule has 0 aromatic heterocycles. The van der Waals surface area contributed by atoms with E-state index >= 15 is 0 Å². The van der Waals surface area contributed by atoms with Gasteiger partial charge in [-0.05, 0) is 17.7 Å². The fourth-order valence-electron chi connectivity index (χ4n) is 1.19. The topological polar surface area (TPSA) is 38.3 Å². The SMILES string of the molecule is COCCNC(=O)CSCc1ccc(F)cc1. The highest BCUT2D eigenvalue weighted by atomic mass is 32.2. The Morgan fingerprint density at radius 3 is 2.76 bits per heavy atom. The number of ether oxygens (including phenoxy) is 1. The van der Waals surface area contributed by atoms with Gasteiger partial charge in [-0.2, -0.15) is 0 Å². The van der Waals surface area contributed by atoms with E-state index in [0.717, 1.165) is 5.56 Å². The number of methoxy groups -OCH3 is 1. The van der Waals surface area contributed by atoms with E-state index in [9.17, 15) is 9.18 Å². The quantitative estimate of drug-likeness (QED) is 0.757. The van der Waals surface area contributed by atoms with Crippen molar-refractivity contribution in [2.45, 2.75) is 5.75 Å². The standard InChI is InChI=1S/C12H16FNO2S/c1-16-7-6-14-12(15)9-17-8-10-2-4-11(13)5-3-10/h2-5H,6-9H2,1H3,(H,14,15). The van der Waals surface area contributed by atoms with Crippen molar-refractivity contribution < 1.29 is 13.9 Å². The molecule has 0 bridgehead atoms. The molecule has 3 nitrogen and oxygen atoms in total. The summed E-state index contributed by atoms with van der Waals surface area (Å²) in [5.41, 5.74) is 1.01. The van der Waals surface area contributed by atoms with Crippen molar-refractivity contribution in [3.8, 4) is 0 Å². The van der Waals surface area contributed by atoms with E-state index < -0.39 is 0 Å². The molecule has 0 aliphatic carbocycles. The molecule has 0 atom stereocenters. The molecule has 0 aliphatic heterocycles. The molecule has 0 aliphatic rings. The number of carbonyl (C=O) groups excluding carboxylic acids is 1. The summed E-state index contributed by atoms with van der Waals surface area (Å²) in [6.45, 7) is 1.06. The highest BCUT2D eigenvalue weighted by Crippen LogP contribution is 2.12. The summed E-state index contributed by atoms with van der Waals surface area (Å²) in [5.74, 6) is 0.865. The first-order valence-corrected chi connectivity index (χ1v) is 6.45. The van der Waals surface area contributed by atoms with E-state index in [1.165, 1.54) is 23.9 Å². The van der Waals surface area contributed by atoms with Crippen molar-refractivity contribution in [3.63, 3.8) is 0 Å². The molecule has 5 heteroatoms. The van der Waals surface area contributed by atoms with Gasteiger partial charge in [0.25, 0.3) is 0 Å². The minimum atomic E-state index is -0.240. The smallest absolute Gasteiger partial charge is 0.230 e. The van der Waals surface area contributed by atoms with E-state index in [4.69, 9.17) is 4.74 Å². The second kappa shape index (κ2) is 8.08. The van der Waals surface area contributed by atoms with Gasteiger partial charge < -0.3 is 10.1 Å². The van der Waals surface area contributed by atoms with E-state index in [2.05, 4.69) is 5.32 Å². The molecular weight excluding hydrogens is 241 g/mol. The van der Waals surface area contributed by atoms with Gasteiger partial charge in [-0.15, -0.1) is 11.8 Å². The zero-order valence-electron chi connectivity index (χ0n) is 9.74. The first-order valence-electron chi connectivity index (χ1n) is 5.30. The molecule has 0 heterocycles. The zero-order chi connectivity index (χ0) is 12.5. The largest absolute Gasteiger partial charge is 0.383 e. The van der Waals surface area contributed by atoms with Crippen molar-refractivity contribution in [2.75, 3.05) is 26.0 Å². The predicted octanol–water partition coefficient (Wildman–Crippen LogP) is 1.82. The summed E-state index contributed by atoms with van der Waals surface area (Å²) in [6.07, 6.45) is 0. The van der Waals surface area contributed by atoms with Crippen LogP contribution in [0.5, 0.6) is 0 Å². The lowest BCUT2D eigenvalue weighted by molar-refractivity contribution is -0.118. The van der Waals surface area contributed by atoms with Crippen molar-refractivity contribution in [2.24, 2.45) is 0 Å². The number of rotatable bonds is 7. The molecule has 0 fully saturated rings. The van der Waals surface area contributed by atoms with Gasteiger partial charge in [0, 0.05) is 19.4 Å². The number of amides is 1. The Morgan fingerprint density at radius 1 is 1.41 bits per heavy atom. The van der Waals surface area contributed by atoms with Crippen LogP contribution in [0.3, 0.4) is 0 Å². The van der Waals surface area contributed by atoms with Gasteiger partial charge in [0.2, 0.25) is 5.91 Å². The molecule has 0 radical (unpaired) electrons. The van der Waals surface area contributed by atoms with Crippen molar-refractivity contribution in [1.29, 1.82) is 0 Å². The second-order valence-corrected chi connectivity index (χ2v) is 4.45. The van der Waals surface area contributed by atoms with Crippen LogP contribution < -0.4 is 5.32 Å². The van der Waals surface area contributed by atoms with Crippen LogP contribution in [-0.4, -0.2) is 31.9 Å². The summed E-state index contributed by atoms with van der Waals surface area (Å²) >= 11 is 1.50. The van der Waals surface area contributed by atoms with E-state index in [1.54, 1.807) is 19.2 Å². The summed E-state index contributed by atoms with van der Waals surface area (Å²) in [4.78, 5) is 11.3. The first-order chi connectivity index (χ1) is 8.22. The van der Waals surface area contributed by atoms with Gasteiger partial charge >= 0.3 is 0 Å². The van der Waals surface area contributed by atoms with E-state index in [-0.39, 0.29) is 11.7 Å². The highest BCUT2D eigenvalue weighted by Gasteiger charge is 2.01. The third kappa shape index (κ3) is 6.28. The predicted molar refractivity (Wildman–Crippen MR) is 67.4 cm³/mol. The average Bonchev–Trinajstić information content (AvgIpc) is 2.32. The Bertz CT molecular complexity index is 343. The van der Waals surface area contributed by atoms with Crippen LogP contribution in [0.25, 0.3) is 0 Å². The molecule has 94 valence electrons. The normalized spacial score (nSPS) is 10.2. The Labute approximate surface area is 105 Å². The summed E-state index contributed by atoms with van der Waals surface area (Å²) in [5, 5.41) is 2.73. The lowest BCUT2D eigenvalue weighted by Crippen LogP contribution is -2.28. The fraction of sp³-hybridized carbons (Fsp3) is 0.417. The maximum absolute atomic E-state index is 12.6. The van der Waals surface area contributed by atoms with Crippen molar-refractivity contribution >= 4 is 17.7 Å². The molecule has 1 rings (SSSR count). The molecular formula is C12H16FNO2S. The van der Waals surface area contributed by atoms with Crippen LogP contribution in [0.4, 0.5) is 4.39 Å². The molecule has 0 saturated heterocycles. The molecule has 1 amide bonds. The van der Waals surface area contributed by atoms with E-state index in [0.29, 0.717) is 24.7 Å². The minimum absolute atomic E-state index is 0.00541. The van der Waals surface area contributed by atoms with Crippen LogP contribution in [0, 0.1) is 5.82 Å². The van der Waals surface area contributed by atoms with Crippen LogP contribution in [0.1, 0.15) is 5.56 Å². The van der Waals surface area contributed by atoms with Gasteiger partial charge in [0.05, 0.1) is 12.4 Å². The molecule has 0 unspecified atom stereocenters. The van der Waals surface area contributed by atoms with Gasteiger partial charge in [-0.25, -0.2) is 4.39 Å². The summed E-state index contributed by atoms with van der Waals surface area (Å²) in [6, 6.07) is 6.30. The van der Waals surface area contributed by atoms with Crippen LogP contribution in [-0.2, 0) is 15.3 Å². The Morgan fingerprint density at radius 2 is 2.12 bits per heavy atom. The van der Waals surface area contributed by atoms with Crippen LogP contribution in [0.2, 0.25) is 0 Å². The van der Waals surface area contributed by atoms with Crippen molar-refractivity contribution in [3.05, 3.63) is 35.6 Å². The lowest BCUT2D eigenvalue weighted by Gasteiger charge is -2.04. The number of halogens is 1. The summed E-state index contributed by atoms with van der Waals surface area (Å²) in [7, 11) is 1.59. The third-order valence-corrected chi connectivity index (χ3v) is 3.05.